The third-order valence-electron chi connectivity index (χ3n) is 2.38. The number of rotatable bonds is 7. The van der Waals surface area contributed by atoms with Gasteiger partial charge in [-0.15, -0.1) is 0 Å². The molecule has 5 nitrogen and oxygen atoms in total. The van der Waals surface area contributed by atoms with E-state index in [2.05, 4.69) is 17.5 Å². The van der Waals surface area contributed by atoms with Crippen molar-refractivity contribution in [3.05, 3.63) is 24.3 Å². The lowest BCUT2D eigenvalue weighted by atomic mass is 10.2. The summed E-state index contributed by atoms with van der Waals surface area (Å²) in [5.41, 5.74) is 3.13. The minimum absolute atomic E-state index is 0.208. The number of nitrogens with one attached hydrogen (secondary N) is 1. The van der Waals surface area contributed by atoms with Gasteiger partial charge >= 0.3 is 0 Å². The van der Waals surface area contributed by atoms with Crippen LogP contribution in [0.25, 0.3) is 0 Å². The predicted octanol–water partition coefficient (Wildman–Crippen LogP) is 3.07. The normalized spacial score (nSPS) is 9.00. The van der Waals surface area contributed by atoms with Crippen LogP contribution in [0.5, 0.6) is 5.75 Å². The first-order valence-electron chi connectivity index (χ1n) is 6.17. The molecule has 0 amide bonds. The van der Waals surface area contributed by atoms with Gasteiger partial charge in [0.2, 0.25) is 5.71 Å². The number of nitrogens with zero attached hydrogens (tertiary/aromatic N) is 3. The minimum Gasteiger partial charge on any atom is -0.494 e. The van der Waals surface area contributed by atoms with Crippen molar-refractivity contribution in [2.24, 2.45) is 5.10 Å². The second-order valence-corrected chi connectivity index (χ2v) is 3.88. The van der Waals surface area contributed by atoms with E-state index in [-0.39, 0.29) is 5.71 Å². The third-order valence-corrected chi connectivity index (χ3v) is 2.38. The average molecular weight is 256 g/mol. The molecule has 0 fully saturated rings. The fraction of sp³-hybridized carbons (Fsp3) is 0.357. The average Bonchev–Trinajstić information content (AvgIpc) is 2.46. The summed E-state index contributed by atoms with van der Waals surface area (Å²) in [5, 5.41) is 20.7. The summed E-state index contributed by atoms with van der Waals surface area (Å²) >= 11 is 0. The Kier molecular flexibility index (Phi) is 6.53. The third kappa shape index (κ3) is 5.56. The van der Waals surface area contributed by atoms with Gasteiger partial charge in [-0.1, -0.05) is 19.8 Å². The molecule has 0 atom stereocenters. The lowest BCUT2D eigenvalue weighted by molar-refractivity contribution is 0.306. The van der Waals surface area contributed by atoms with Gasteiger partial charge in [-0.25, -0.2) is 0 Å². The summed E-state index contributed by atoms with van der Waals surface area (Å²) in [6, 6.07) is 10.6. The van der Waals surface area contributed by atoms with Crippen LogP contribution in [0.4, 0.5) is 5.69 Å². The van der Waals surface area contributed by atoms with Gasteiger partial charge in [0, 0.05) is 0 Å². The van der Waals surface area contributed by atoms with Crippen LogP contribution in [0.1, 0.15) is 26.2 Å². The first kappa shape index (κ1) is 14.5. The molecule has 1 aromatic rings. The molecule has 0 heterocycles. The highest BCUT2D eigenvalue weighted by Crippen LogP contribution is 2.16. The topological polar surface area (TPSA) is 81.2 Å². The molecule has 0 spiro atoms. The van der Waals surface area contributed by atoms with Crippen molar-refractivity contribution < 1.29 is 4.74 Å². The summed E-state index contributed by atoms with van der Waals surface area (Å²) in [5.74, 6) is 0.798. The minimum atomic E-state index is -0.208. The molecule has 0 unspecified atom stereocenters. The summed E-state index contributed by atoms with van der Waals surface area (Å²) in [4.78, 5) is 0. The van der Waals surface area contributed by atoms with Crippen molar-refractivity contribution >= 4 is 11.4 Å². The van der Waals surface area contributed by atoms with E-state index in [0.717, 1.165) is 12.2 Å². The molecule has 0 bridgehead atoms. The molecule has 0 aromatic heterocycles. The Balaban J connectivity index is 2.46. The molecule has 1 rings (SSSR count). The van der Waals surface area contributed by atoms with Crippen LogP contribution in [-0.2, 0) is 0 Å². The Morgan fingerprint density at radius 2 is 1.89 bits per heavy atom. The van der Waals surface area contributed by atoms with Gasteiger partial charge in [-0.05, 0) is 30.7 Å². The maximum absolute atomic E-state index is 8.53. The number of unbranched alkanes of at least 4 members (excludes halogenated alkanes) is 2. The standard InChI is InChI=1S/C14H16N4O/c1-2-3-4-9-19-14-7-5-12(6-8-14)17-18-13(10-15)11-16/h5-8,17H,2-4,9H2,1H3. The highest BCUT2D eigenvalue weighted by molar-refractivity contribution is 6.10. The summed E-state index contributed by atoms with van der Waals surface area (Å²) in [6.07, 6.45) is 3.39. The number of hydrogen-bond acceptors (Lipinski definition) is 5. The lowest BCUT2D eigenvalue weighted by Crippen LogP contribution is -1.98. The zero-order chi connectivity index (χ0) is 13.9. The van der Waals surface area contributed by atoms with Crippen LogP contribution >= 0.6 is 0 Å². The highest BCUT2D eigenvalue weighted by atomic mass is 16.5. The smallest absolute Gasteiger partial charge is 0.237 e. The van der Waals surface area contributed by atoms with Gasteiger partial charge in [0.05, 0.1) is 12.3 Å². The SMILES string of the molecule is CCCCCOc1ccc(NN=C(C#N)C#N)cc1. The molecular formula is C14H16N4O. The highest BCUT2D eigenvalue weighted by Gasteiger charge is 1.96. The second-order valence-electron chi connectivity index (χ2n) is 3.88. The summed E-state index contributed by atoms with van der Waals surface area (Å²) < 4.78 is 5.56. The molecule has 1 aromatic carbocycles. The fourth-order valence-electron chi connectivity index (χ4n) is 1.36. The van der Waals surface area contributed by atoms with Crippen LogP contribution in [0.2, 0.25) is 0 Å². The van der Waals surface area contributed by atoms with Gasteiger partial charge in [-0.3, -0.25) is 5.43 Å². The number of nitriles is 2. The van der Waals surface area contributed by atoms with Crippen molar-refractivity contribution in [3.8, 4) is 17.9 Å². The molecule has 0 saturated heterocycles. The van der Waals surface area contributed by atoms with E-state index in [0.29, 0.717) is 12.3 Å². The van der Waals surface area contributed by atoms with E-state index in [1.54, 1.807) is 24.3 Å². The number of benzene rings is 1. The molecule has 0 aliphatic carbocycles. The molecule has 0 radical (unpaired) electrons. The number of hydrogen-bond donors (Lipinski definition) is 1. The Bertz CT molecular complexity index is 478. The first-order chi connectivity index (χ1) is 9.30. The molecule has 19 heavy (non-hydrogen) atoms. The number of hydrazone groups is 1. The molecule has 1 N–H and O–H groups in total. The largest absolute Gasteiger partial charge is 0.494 e. The van der Waals surface area contributed by atoms with Crippen LogP contribution in [0, 0.1) is 22.7 Å². The molecule has 0 aliphatic rings. The predicted molar refractivity (Wildman–Crippen MR) is 73.7 cm³/mol. The first-order valence-corrected chi connectivity index (χ1v) is 6.17. The molecule has 5 heteroatoms. The monoisotopic (exact) mass is 256 g/mol. The molecule has 0 saturated carbocycles. The quantitative estimate of drug-likeness (QED) is 0.462. The Labute approximate surface area is 113 Å². The fourth-order valence-corrected chi connectivity index (χ4v) is 1.36. The van der Waals surface area contributed by atoms with Crippen molar-refractivity contribution in [1.29, 1.82) is 10.5 Å². The van der Waals surface area contributed by atoms with Crippen LogP contribution in [0.3, 0.4) is 0 Å². The Hall–Kier alpha value is -2.53. The van der Waals surface area contributed by atoms with Gasteiger partial charge < -0.3 is 4.74 Å². The van der Waals surface area contributed by atoms with E-state index in [9.17, 15) is 0 Å². The number of ether oxygens (including phenoxy) is 1. The van der Waals surface area contributed by atoms with Crippen molar-refractivity contribution in [3.63, 3.8) is 0 Å². The molecule has 0 aliphatic heterocycles. The Morgan fingerprint density at radius 1 is 1.21 bits per heavy atom. The Morgan fingerprint density at radius 3 is 2.47 bits per heavy atom. The van der Waals surface area contributed by atoms with Gasteiger partial charge in [0.15, 0.2) is 0 Å². The zero-order valence-corrected chi connectivity index (χ0v) is 10.9. The maximum Gasteiger partial charge on any atom is 0.237 e. The van der Waals surface area contributed by atoms with Gasteiger partial charge in [-0.2, -0.15) is 15.6 Å². The maximum atomic E-state index is 8.53. The van der Waals surface area contributed by atoms with E-state index in [1.165, 1.54) is 12.8 Å². The van der Waals surface area contributed by atoms with Crippen molar-refractivity contribution in [2.75, 3.05) is 12.0 Å². The van der Waals surface area contributed by atoms with E-state index in [1.807, 2.05) is 12.1 Å². The van der Waals surface area contributed by atoms with Crippen molar-refractivity contribution in [2.45, 2.75) is 26.2 Å². The van der Waals surface area contributed by atoms with E-state index in [4.69, 9.17) is 15.3 Å². The van der Waals surface area contributed by atoms with E-state index < -0.39 is 0 Å². The van der Waals surface area contributed by atoms with Crippen LogP contribution in [0.15, 0.2) is 29.4 Å². The van der Waals surface area contributed by atoms with Crippen LogP contribution in [-0.4, -0.2) is 12.3 Å². The second kappa shape index (κ2) is 8.54. The lowest BCUT2D eigenvalue weighted by Gasteiger charge is -2.06. The summed E-state index contributed by atoms with van der Waals surface area (Å²) in [7, 11) is 0. The molecule has 98 valence electrons. The summed E-state index contributed by atoms with van der Waals surface area (Å²) in [6.45, 7) is 2.86. The molecular weight excluding hydrogens is 240 g/mol. The van der Waals surface area contributed by atoms with Gasteiger partial charge in [0.25, 0.3) is 0 Å². The van der Waals surface area contributed by atoms with Crippen LogP contribution < -0.4 is 10.2 Å². The van der Waals surface area contributed by atoms with Crippen molar-refractivity contribution in [1.82, 2.24) is 0 Å². The number of anilines is 1. The van der Waals surface area contributed by atoms with E-state index >= 15 is 0 Å². The zero-order valence-electron chi connectivity index (χ0n) is 10.9. The van der Waals surface area contributed by atoms with Gasteiger partial charge in [0.1, 0.15) is 17.9 Å².